The van der Waals surface area contributed by atoms with Crippen molar-refractivity contribution in [1.29, 1.82) is 0 Å². The van der Waals surface area contributed by atoms with Crippen LogP contribution in [0.3, 0.4) is 0 Å². The van der Waals surface area contributed by atoms with Crippen molar-refractivity contribution in [2.24, 2.45) is 0 Å². The third-order valence-electron chi connectivity index (χ3n) is 3.91. The first-order valence-corrected chi connectivity index (χ1v) is 8.40. The van der Waals surface area contributed by atoms with E-state index >= 15 is 0 Å². The van der Waals surface area contributed by atoms with Crippen molar-refractivity contribution in [3.05, 3.63) is 102 Å². The smallest absolute Gasteiger partial charge is 0.224 e. The van der Waals surface area contributed by atoms with Gasteiger partial charge in [-0.05, 0) is 23.3 Å². The van der Waals surface area contributed by atoms with Gasteiger partial charge in [-0.3, -0.25) is 4.79 Å². The topological polar surface area (TPSA) is 38.3 Å². The van der Waals surface area contributed by atoms with E-state index in [1.807, 2.05) is 91.0 Å². The molecule has 1 N–H and O–H groups in total. The van der Waals surface area contributed by atoms with Gasteiger partial charge in [0.05, 0.1) is 19.1 Å². The molecular formula is C22H21NO2. The summed E-state index contributed by atoms with van der Waals surface area (Å²) in [4.78, 5) is 12.4. The van der Waals surface area contributed by atoms with E-state index in [1.54, 1.807) is 0 Å². The van der Waals surface area contributed by atoms with Crippen molar-refractivity contribution < 1.29 is 9.53 Å². The van der Waals surface area contributed by atoms with E-state index in [2.05, 4.69) is 5.32 Å². The van der Waals surface area contributed by atoms with Gasteiger partial charge in [0.2, 0.25) is 5.91 Å². The molecule has 0 aliphatic carbocycles. The molecule has 3 aromatic rings. The summed E-state index contributed by atoms with van der Waals surface area (Å²) < 4.78 is 5.61. The molecule has 0 radical (unpaired) electrons. The number of rotatable bonds is 7. The van der Waals surface area contributed by atoms with Crippen LogP contribution in [0.5, 0.6) is 5.75 Å². The highest BCUT2D eigenvalue weighted by atomic mass is 16.5. The van der Waals surface area contributed by atoms with Gasteiger partial charge in [0.1, 0.15) is 5.75 Å². The van der Waals surface area contributed by atoms with E-state index in [0.717, 1.165) is 16.9 Å². The highest BCUT2D eigenvalue weighted by Gasteiger charge is 2.16. The Bertz CT molecular complexity index is 733. The van der Waals surface area contributed by atoms with Gasteiger partial charge in [-0.2, -0.15) is 0 Å². The second-order valence-corrected chi connectivity index (χ2v) is 5.73. The molecule has 0 unspecified atom stereocenters. The van der Waals surface area contributed by atoms with Crippen LogP contribution in [0.4, 0.5) is 0 Å². The summed E-state index contributed by atoms with van der Waals surface area (Å²) in [7, 11) is 0. The number of ether oxygens (including phenoxy) is 1. The summed E-state index contributed by atoms with van der Waals surface area (Å²) in [5.74, 6) is 0.742. The Morgan fingerprint density at radius 1 is 0.760 bits per heavy atom. The highest BCUT2D eigenvalue weighted by Crippen LogP contribution is 2.21. The van der Waals surface area contributed by atoms with Crippen LogP contribution in [0.25, 0.3) is 0 Å². The fourth-order valence-corrected chi connectivity index (χ4v) is 2.66. The Kier molecular flexibility index (Phi) is 5.83. The first kappa shape index (κ1) is 16.8. The van der Waals surface area contributed by atoms with Gasteiger partial charge in [0.15, 0.2) is 0 Å². The maximum Gasteiger partial charge on any atom is 0.224 e. The first-order chi connectivity index (χ1) is 12.3. The molecule has 3 aromatic carbocycles. The third kappa shape index (κ3) is 4.95. The number of benzene rings is 3. The van der Waals surface area contributed by atoms with E-state index in [9.17, 15) is 4.79 Å². The molecule has 0 spiro atoms. The zero-order chi connectivity index (χ0) is 17.3. The molecule has 126 valence electrons. The fourth-order valence-electron chi connectivity index (χ4n) is 2.66. The molecule has 0 atom stereocenters. The van der Waals surface area contributed by atoms with Gasteiger partial charge in [0, 0.05) is 0 Å². The molecular weight excluding hydrogens is 310 g/mol. The minimum absolute atomic E-state index is 0.0337. The van der Waals surface area contributed by atoms with Crippen LogP contribution in [0.15, 0.2) is 91.0 Å². The number of amides is 1. The number of nitrogens with one attached hydrogen (secondary N) is 1. The van der Waals surface area contributed by atoms with E-state index in [4.69, 9.17) is 4.74 Å². The molecule has 0 aromatic heterocycles. The molecule has 0 fully saturated rings. The molecule has 3 heteroatoms. The van der Waals surface area contributed by atoms with Crippen molar-refractivity contribution >= 4 is 5.91 Å². The minimum Gasteiger partial charge on any atom is -0.493 e. The van der Waals surface area contributed by atoms with Crippen molar-refractivity contribution in [2.75, 3.05) is 6.61 Å². The Morgan fingerprint density at radius 3 is 1.76 bits per heavy atom. The summed E-state index contributed by atoms with van der Waals surface area (Å²) in [6, 6.07) is 29.3. The summed E-state index contributed by atoms with van der Waals surface area (Å²) in [5, 5.41) is 3.12. The lowest BCUT2D eigenvalue weighted by Gasteiger charge is -2.20. The predicted octanol–water partition coefficient (Wildman–Crippen LogP) is 4.36. The molecule has 0 saturated heterocycles. The van der Waals surface area contributed by atoms with E-state index < -0.39 is 0 Å². The van der Waals surface area contributed by atoms with Gasteiger partial charge in [-0.15, -0.1) is 0 Å². The van der Waals surface area contributed by atoms with Crippen LogP contribution in [-0.2, 0) is 4.79 Å². The molecule has 0 bridgehead atoms. The van der Waals surface area contributed by atoms with Gasteiger partial charge >= 0.3 is 0 Å². The zero-order valence-electron chi connectivity index (χ0n) is 14.0. The van der Waals surface area contributed by atoms with Gasteiger partial charge in [0.25, 0.3) is 0 Å². The number of hydrogen-bond donors (Lipinski definition) is 1. The average Bonchev–Trinajstić information content (AvgIpc) is 2.68. The van der Waals surface area contributed by atoms with Crippen molar-refractivity contribution in [3.8, 4) is 5.75 Å². The van der Waals surface area contributed by atoms with Crippen LogP contribution in [0.2, 0.25) is 0 Å². The Labute approximate surface area is 148 Å². The summed E-state index contributed by atoms with van der Waals surface area (Å²) in [6.45, 7) is 0.353. The maximum absolute atomic E-state index is 12.4. The predicted molar refractivity (Wildman–Crippen MR) is 99.4 cm³/mol. The maximum atomic E-state index is 12.4. The van der Waals surface area contributed by atoms with E-state index in [-0.39, 0.29) is 11.9 Å². The largest absolute Gasteiger partial charge is 0.493 e. The Hall–Kier alpha value is -3.07. The minimum atomic E-state index is -0.161. The average molecular weight is 331 g/mol. The summed E-state index contributed by atoms with van der Waals surface area (Å²) in [6.07, 6.45) is 0.311. The molecule has 3 rings (SSSR count). The van der Waals surface area contributed by atoms with Crippen molar-refractivity contribution in [3.63, 3.8) is 0 Å². The van der Waals surface area contributed by atoms with Gasteiger partial charge in [-0.25, -0.2) is 0 Å². The summed E-state index contributed by atoms with van der Waals surface area (Å²) in [5.41, 5.74) is 2.12. The fraction of sp³-hybridized carbons (Fsp3) is 0.136. The number of carbonyl (C=O) groups is 1. The lowest BCUT2D eigenvalue weighted by Crippen LogP contribution is -2.30. The van der Waals surface area contributed by atoms with Crippen LogP contribution in [0, 0.1) is 0 Å². The van der Waals surface area contributed by atoms with Crippen molar-refractivity contribution in [2.45, 2.75) is 12.5 Å². The highest BCUT2D eigenvalue weighted by molar-refractivity contribution is 5.77. The molecule has 25 heavy (non-hydrogen) atoms. The SMILES string of the molecule is O=C(CCOc1ccccc1)NC(c1ccccc1)c1ccccc1. The molecule has 0 aliphatic heterocycles. The molecule has 1 amide bonds. The van der Waals surface area contributed by atoms with Crippen LogP contribution < -0.4 is 10.1 Å². The standard InChI is InChI=1S/C22H21NO2/c24-21(16-17-25-20-14-8-3-9-15-20)23-22(18-10-4-1-5-11-18)19-12-6-2-7-13-19/h1-15,22H,16-17H2,(H,23,24). The number of hydrogen-bond acceptors (Lipinski definition) is 2. The van der Waals surface area contributed by atoms with Crippen LogP contribution >= 0.6 is 0 Å². The van der Waals surface area contributed by atoms with E-state index in [0.29, 0.717) is 13.0 Å². The second-order valence-electron chi connectivity index (χ2n) is 5.73. The number of carbonyl (C=O) groups excluding carboxylic acids is 1. The molecule has 0 aliphatic rings. The Balaban J connectivity index is 1.63. The quantitative estimate of drug-likeness (QED) is 0.698. The van der Waals surface area contributed by atoms with Crippen LogP contribution in [0.1, 0.15) is 23.6 Å². The summed E-state index contributed by atoms with van der Waals surface area (Å²) >= 11 is 0. The third-order valence-corrected chi connectivity index (χ3v) is 3.91. The van der Waals surface area contributed by atoms with Crippen molar-refractivity contribution in [1.82, 2.24) is 5.32 Å². The monoisotopic (exact) mass is 331 g/mol. The van der Waals surface area contributed by atoms with E-state index in [1.165, 1.54) is 0 Å². The Morgan fingerprint density at radius 2 is 1.24 bits per heavy atom. The van der Waals surface area contributed by atoms with Gasteiger partial charge < -0.3 is 10.1 Å². The normalized spacial score (nSPS) is 10.4. The number of para-hydroxylation sites is 1. The molecule has 0 saturated carbocycles. The van der Waals surface area contributed by atoms with Crippen LogP contribution in [-0.4, -0.2) is 12.5 Å². The molecule has 0 heterocycles. The zero-order valence-corrected chi connectivity index (χ0v) is 14.0. The lowest BCUT2D eigenvalue weighted by atomic mass is 9.98. The molecule has 3 nitrogen and oxygen atoms in total. The lowest BCUT2D eigenvalue weighted by molar-refractivity contribution is -0.122. The van der Waals surface area contributed by atoms with Gasteiger partial charge in [-0.1, -0.05) is 78.9 Å². The second kappa shape index (κ2) is 8.69. The first-order valence-electron chi connectivity index (χ1n) is 8.40.